The van der Waals surface area contributed by atoms with Crippen molar-refractivity contribution in [1.29, 1.82) is 0 Å². The molecule has 0 heterocycles. The van der Waals surface area contributed by atoms with E-state index < -0.39 is 16.6 Å². The van der Waals surface area contributed by atoms with Crippen LogP contribution < -0.4 is 11.1 Å². The summed E-state index contributed by atoms with van der Waals surface area (Å²) in [6.45, 7) is 2.40. The third kappa shape index (κ3) is 5.66. The average Bonchev–Trinajstić information content (AvgIpc) is 2.45. The van der Waals surface area contributed by atoms with E-state index in [1.807, 2.05) is 6.92 Å². The normalized spacial score (nSPS) is 13.0. The lowest BCUT2D eigenvalue weighted by atomic mass is 10.1. The molecule has 0 radical (unpaired) electrons. The molecule has 3 N–H and O–H groups in total. The van der Waals surface area contributed by atoms with E-state index in [2.05, 4.69) is 17.2 Å². The van der Waals surface area contributed by atoms with E-state index in [1.54, 1.807) is 6.26 Å². The van der Waals surface area contributed by atoms with Gasteiger partial charge in [0.15, 0.2) is 0 Å². The number of amides is 1. The first-order chi connectivity index (χ1) is 9.95. The van der Waals surface area contributed by atoms with Crippen LogP contribution in [0.4, 0.5) is 4.39 Å². The molecule has 114 valence electrons. The lowest BCUT2D eigenvalue weighted by molar-refractivity contribution is 0.0953. The number of benzene rings is 1. The number of hydrogen-bond acceptors (Lipinski definition) is 3. The van der Waals surface area contributed by atoms with Gasteiger partial charge in [-0.2, -0.15) is 0 Å². The maximum atomic E-state index is 13.7. The zero-order valence-corrected chi connectivity index (χ0v) is 12.9. The number of carbonyl (C=O) groups excluding carboxylic acids is 1. The summed E-state index contributed by atoms with van der Waals surface area (Å²) in [4.78, 5) is 11.9. The molecule has 1 aromatic carbocycles. The van der Waals surface area contributed by atoms with Gasteiger partial charge in [-0.3, -0.25) is 9.00 Å². The van der Waals surface area contributed by atoms with Gasteiger partial charge in [0.1, 0.15) is 5.82 Å². The molecule has 6 heteroatoms. The molecule has 1 amide bonds. The highest BCUT2D eigenvalue weighted by molar-refractivity contribution is 7.84. The van der Waals surface area contributed by atoms with Crippen molar-refractivity contribution in [2.24, 2.45) is 5.73 Å². The van der Waals surface area contributed by atoms with Gasteiger partial charge in [0, 0.05) is 34.4 Å². The average molecular weight is 310 g/mol. The van der Waals surface area contributed by atoms with Crippen molar-refractivity contribution in [2.75, 3.05) is 19.3 Å². The van der Waals surface area contributed by atoms with Crippen LogP contribution in [0.2, 0.25) is 0 Å². The minimum atomic E-state index is -0.916. The first kappa shape index (κ1) is 17.3. The molecule has 0 fully saturated rings. The molecule has 4 nitrogen and oxygen atoms in total. The van der Waals surface area contributed by atoms with E-state index in [-0.39, 0.29) is 28.8 Å². The summed E-state index contributed by atoms with van der Waals surface area (Å²) >= 11 is 0. The summed E-state index contributed by atoms with van der Waals surface area (Å²) in [7, 11) is -0.916. The lowest BCUT2D eigenvalue weighted by Crippen LogP contribution is -2.27. The van der Waals surface area contributed by atoms with Crippen molar-refractivity contribution < 1.29 is 13.4 Å². The zero-order chi connectivity index (χ0) is 15.8. The van der Waals surface area contributed by atoms with Gasteiger partial charge in [-0.1, -0.05) is 18.8 Å². The predicted octanol–water partition coefficient (Wildman–Crippen LogP) is 1.02. The number of hydrogen-bond donors (Lipinski definition) is 2. The number of nitrogens with two attached hydrogens (primary N) is 1. The van der Waals surface area contributed by atoms with Gasteiger partial charge in [-0.25, -0.2) is 4.39 Å². The minimum Gasteiger partial charge on any atom is -0.352 e. The summed E-state index contributed by atoms with van der Waals surface area (Å²) in [5, 5.41) is 2.69. The predicted molar refractivity (Wildman–Crippen MR) is 82.8 cm³/mol. The molecule has 1 aromatic rings. The molecule has 0 spiro atoms. The van der Waals surface area contributed by atoms with E-state index in [1.165, 1.54) is 12.1 Å². The van der Waals surface area contributed by atoms with Crippen molar-refractivity contribution in [1.82, 2.24) is 5.32 Å². The molecule has 0 saturated heterocycles. The van der Waals surface area contributed by atoms with Crippen molar-refractivity contribution in [3.63, 3.8) is 0 Å². The smallest absolute Gasteiger partial charge is 0.251 e. The fourth-order valence-corrected chi connectivity index (χ4v) is 2.01. The Kier molecular flexibility index (Phi) is 7.06. The number of rotatable bonds is 5. The Morgan fingerprint density at radius 1 is 1.52 bits per heavy atom. The molecule has 2 unspecified atom stereocenters. The second kappa shape index (κ2) is 8.55. The van der Waals surface area contributed by atoms with Gasteiger partial charge in [0.05, 0.1) is 12.1 Å². The fraction of sp³-hybridized carbons (Fsp3) is 0.400. The third-order valence-corrected chi connectivity index (χ3v) is 4.33. The van der Waals surface area contributed by atoms with E-state index >= 15 is 0 Å². The number of nitrogens with one attached hydrogen (secondary N) is 1. The molecule has 21 heavy (non-hydrogen) atoms. The molecule has 0 aliphatic rings. The maximum Gasteiger partial charge on any atom is 0.251 e. The third-order valence-electron chi connectivity index (χ3n) is 2.96. The highest BCUT2D eigenvalue weighted by atomic mass is 32.2. The van der Waals surface area contributed by atoms with Gasteiger partial charge in [0.2, 0.25) is 0 Å². The van der Waals surface area contributed by atoms with Crippen LogP contribution in [-0.4, -0.2) is 34.7 Å². The van der Waals surface area contributed by atoms with Crippen LogP contribution in [0.15, 0.2) is 18.2 Å². The van der Waals surface area contributed by atoms with Gasteiger partial charge >= 0.3 is 0 Å². The minimum absolute atomic E-state index is 0.0101. The van der Waals surface area contributed by atoms with E-state index in [9.17, 15) is 13.4 Å². The van der Waals surface area contributed by atoms with E-state index in [0.29, 0.717) is 13.0 Å². The number of carbonyl (C=O) groups is 1. The van der Waals surface area contributed by atoms with Crippen LogP contribution in [0.25, 0.3) is 0 Å². The van der Waals surface area contributed by atoms with Crippen LogP contribution >= 0.6 is 0 Å². The maximum absolute atomic E-state index is 13.7. The van der Waals surface area contributed by atoms with E-state index in [0.717, 1.165) is 6.07 Å². The fourth-order valence-electron chi connectivity index (χ4n) is 1.56. The zero-order valence-electron chi connectivity index (χ0n) is 12.1. The Hall–Kier alpha value is -1.71. The van der Waals surface area contributed by atoms with E-state index in [4.69, 9.17) is 5.73 Å². The second-order valence-electron chi connectivity index (χ2n) is 4.55. The van der Waals surface area contributed by atoms with Gasteiger partial charge in [-0.05, 0) is 24.6 Å². The lowest BCUT2D eigenvalue weighted by Gasteiger charge is -2.09. The molecule has 0 saturated carbocycles. The first-order valence-electron chi connectivity index (χ1n) is 6.54. The molecule has 0 aromatic heterocycles. The van der Waals surface area contributed by atoms with Gasteiger partial charge < -0.3 is 11.1 Å². The summed E-state index contributed by atoms with van der Waals surface area (Å²) in [5.74, 6) is 4.24. The molecule has 1 rings (SSSR count). The Morgan fingerprint density at radius 3 is 2.81 bits per heavy atom. The summed E-state index contributed by atoms with van der Waals surface area (Å²) < 4.78 is 24.9. The first-order valence-corrected chi connectivity index (χ1v) is 8.16. The number of halogens is 1. The quantitative estimate of drug-likeness (QED) is 0.798. The van der Waals surface area contributed by atoms with Crippen molar-refractivity contribution in [2.45, 2.75) is 18.6 Å². The molecule has 2 atom stereocenters. The van der Waals surface area contributed by atoms with Gasteiger partial charge in [-0.15, -0.1) is 0 Å². The van der Waals surface area contributed by atoms with Crippen molar-refractivity contribution in [3.05, 3.63) is 35.1 Å². The Bertz CT molecular complexity index is 593. The molecule has 0 bridgehead atoms. The molecular formula is C15H19FN2O2S. The van der Waals surface area contributed by atoms with Crippen LogP contribution in [0.5, 0.6) is 0 Å². The Labute approximate surface area is 126 Å². The molecular weight excluding hydrogens is 291 g/mol. The SMILES string of the molecule is CC(CCNC(=O)c1ccc(C#CCN)c(F)c1)S(C)=O. The standard InChI is InChI=1S/C15H19FN2O2S/c1-11(21(2)20)7-9-18-15(19)13-6-5-12(4-3-8-17)14(16)10-13/h5-6,10-11H,7-9,17H2,1-2H3,(H,18,19). The Morgan fingerprint density at radius 2 is 2.24 bits per heavy atom. The van der Waals surface area contributed by atoms with Gasteiger partial charge in [0.25, 0.3) is 5.91 Å². The van der Waals surface area contributed by atoms with Crippen LogP contribution in [0.3, 0.4) is 0 Å². The highest BCUT2D eigenvalue weighted by Gasteiger charge is 2.10. The second-order valence-corrected chi connectivity index (χ2v) is 6.36. The monoisotopic (exact) mass is 310 g/mol. The topological polar surface area (TPSA) is 72.2 Å². The molecule has 0 aliphatic heterocycles. The van der Waals surface area contributed by atoms with Crippen molar-refractivity contribution in [3.8, 4) is 11.8 Å². The highest BCUT2D eigenvalue weighted by Crippen LogP contribution is 2.09. The molecule has 0 aliphatic carbocycles. The summed E-state index contributed by atoms with van der Waals surface area (Å²) in [6.07, 6.45) is 2.24. The Balaban J connectivity index is 2.63. The summed E-state index contributed by atoms with van der Waals surface area (Å²) in [6, 6.07) is 4.12. The van der Waals surface area contributed by atoms with Crippen molar-refractivity contribution >= 4 is 16.7 Å². The van der Waals surface area contributed by atoms with Crippen LogP contribution in [0.1, 0.15) is 29.3 Å². The van der Waals surface area contributed by atoms with Crippen LogP contribution in [-0.2, 0) is 10.8 Å². The van der Waals surface area contributed by atoms with Crippen LogP contribution in [0, 0.1) is 17.7 Å². The largest absolute Gasteiger partial charge is 0.352 e. The summed E-state index contributed by atoms with van der Waals surface area (Å²) in [5.41, 5.74) is 5.67.